The lowest BCUT2D eigenvalue weighted by atomic mass is 10.0. The van der Waals surface area contributed by atoms with Gasteiger partial charge in [0, 0.05) is 0 Å². The number of aliphatic hydroxyl groups excluding tert-OH is 1. The normalized spacial score (nSPS) is 9.64. The van der Waals surface area contributed by atoms with E-state index in [1.165, 1.54) is 22.9 Å². The van der Waals surface area contributed by atoms with Gasteiger partial charge in [0.1, 0.15) is 6.10 Å². The van der Waals surface area contributed by atoms with Crippen LogP contribution in [0.3, 0.4) is 0 Å². The molecule has 0 unspecified atom stereocenters. The Morgan fingerprint density at radius 1 is 0.611 bits per heavy atom. The number of halogens is 1. The van der Waals surface area contributed by atoms with Gasteiger partial charge in [-0.05, 0) is 34.5 Å². The molecule has 0 fully saturated rings. The van der Waals surface area contributed by atoms with E-state index in [9.17, 15) is 5.11 Å². The molecule has 8 N–H and O–H groups in total. The summed E-state index contributed by atoms with van der Waals surface area (Å²) >= 11 is 5.46. The van der Waals surface area contributed by atoms with Crippen LogP contribution in [0.1, 0.15) is 33.6 Å². The molecule has 0 aliphatic carbocycles. The third kappa shape index (κ3) is 11.5. The van der Waals surface area contributed by atoms with Crippen molar-refractivity contribution in [1.82, 2.24) is 0 Å². The van der Waals surface area contributed by atoms with Crippen molar-refractivity contribution in [3.8, 4) is 0 Å². The molecule has 36 heavy (non-hydrogen) atoms. The molecule has 0 aliphatic rings. The Labute approximate surface area is 233 Å². The third-order valence-electron chi connectivity index (χ3n) is 4.68. The van der Waals surface area contributed by atoms with E-state index >= 15 is 0 Å². The molecular weight excluding hydrogens is 552 g/mol. The van der Waals surface area contributed by atoms with E-state index < -0.39 is 6.10 Å². The second-order valence-electron chi connectivity index (χ2n) is 7.31. The number of nitrogens with one attached hydrogen (secondary N) is 1. The second kappa shape index (κ2) is 17.3. The monoisotopic (exact) mass is 582 g/mol. The van der Waals surface area contributed by atoms with E-state index in [1.807, 2.05) is 97.1 Å². The van der Waals surface area contributed by atoms with Gasteiger partial charge in [0.25, 0.3) is 0 Å². The summed E-state index contributed by atoms with van der Waals surface area (Å²) in [6, 6.07) is 39.6. The molecule has 0 radical (unpaired) electrons. The minimum Gasteiger partial charge on any atom is -0.384 e. The van der Waals surface area contributed by atoms with Gasteiger partial charge in [0.15, 0.2) is 10.3 Å². The van der Waals surface area contributed by atoms with E-state index in [2.05, 4.69) is 48.0 Å². The van der Waals surface area contributed by atoms with Gasteiger partial charge in [0.05, 0.1) is 5.25 Å². The Balaban J connectivity index is 0.000000310. The van der Waals surface area contributed by atoms with Crippen molar-refractivity contribution in [2.24, 2.45) is 17.2 Å². The fourth-order valence-corrected chi connectivity index (χ4v) is 4.01. The number of aliphatic hydroxyl groups is 1. The molecule has 4 rings (SSSR count). The molecule has 0 amide bonds. The summed E-state index contributed by atoms with van der Waals surface area (Å²) in [5.41, 5.74) is 18.9. The maximum absolute atomic E-state index is 9.99. The lowest BCUT2D eigenvalue weighted by molar-refractivity contribution is 0.220. The largest absolute Gasteiger partial charge is 0.384 e. The molecule has 5 nitrogen and oxygen atoms in total. The summed E-state index contributed by atoms with van der Waals surface area (Å²) in [4.78, 5) is 0. The van der Waals surface area contributed by atoms with Crippen molar-refractivity contribution < 1.29 is 5.11 Å². The van der Waals surface area contributed by atoms with Crippen molar-refractivity contribution >= 4 is 51.2 Å². The number of nitrogens with two attached hydrogens (primary N) is 3. The van der Waals surface area contributed by atoms with Crippen molar-refractivity contribution in [3.63, 3.8) is 0 Å². The highest BCUT2D eigenvalue weighted by Gasteiger charge is 2.15. The van der Waals surface area contributed by atoms with E-state index in [-0.39, 0.29) is 32.5 Å². The van der Waals surface area contributed by atoms with E-state index in [1.54, 1.807) is 0 Å². The predicted octanol–water partition coefficient (Wildman–Crippen LogP) is 5.94. The summed E-state index contributed by atoms with van der Waals surface area (Å²) in [7, 11) is 0. The average molecular weight is 584 g/mol. The van der Waals surface area contributed by atoms with Gasteiger partial charge in [-0.1, -0.05) is 133 Å². The molecule has 0 aromatic heterocycles. The smallest absolute Gasteiger partial charge is 0.160 e. The maximum atomic E-state index is 9.99. The van der Waals surface area contributed by atoms with Crippen LogP contribution in [0.25, 0.3) is 0 Å². The Morgan fingerprint density at radius 2 is 0.861 bits per heavy atom. The molecule has 0 atom stereocenters. The first-order valence-corrected chi connectivity index (χ1v) is 12.1. The number of thioether (sulfide) groups is 1. The van der Waals surface area contributed by atoms with Gasteiger partial charge in [-0.25, -0.2) is 0 Å². The molecule has 8 heteroatoms. The average Bonchev–Trinajstić information content (AvgIpc) is 2.89. The van der Waals surface area contributed by atoms with Crippen LogP contribution in [-0.4, -0.2) is 15.4 Å². The van der Waals surface area contributed by atoms with Crippen LogP contribution in [-0.2, 0) is 0 Å². The molecule has 0 saturated carbocycles. The lowest BCUT2D eigenvalue weighted by Crippen LogP contribution is -2.18. The molecule has 188 valence electrons. The Morgan fingerprint density at radius 3 is 1.11 bits per heavy atom. The van der Waals surface area contributed by atoms with Crippen molar-refractivity contribution in [2.75, 3.05) is 0 Å². The van der Waals surface area contributed by atoms with Crippen LogP contribution >= 0.6 is 41.0 Å². The van der Waals surface area contributed by atoms with E-state index in [0.717, 1.165) is 11.1 Å². The standard InChI is InChI=1S/C14H14N2S.C13H12O.CH4N2S.BrH/c15-14(16)17-13(11-7-3-1-4-8-11)12-9-5-2-6-10-12;14-13(11-7-3-1-4-8-11)12-9-5-2-6-10-12;2-1(3)4;/h1-10,13H,(H3,15,16);1-10,13-14H;(H4,2,3,4);1H. The zero-order valence-electron chi connectivity index (χ0n) is 19.6. The van der Waals surface area contributed by atoms with E-state index in [0.29, 0.717) is 0 Å². The van der Waals surface area contributed by atoms with Gasteiger partial charge in [0.2, 0.25) is 0 Å². The molecule has 0 heterocycles. The number of benzene rings is 4. The van der Waals surface area contributed by atoms with Crippen LogP contribution in [0.5, 0.6) is 0 Å². The molecule has 4 aromatic carbocycles. The van der Waals surface area contributed by atoms with Crippen LogP contribution in [0.4, 0.5) is 0 Å². The highest BCUT2D eigenvalue weighted by molar-refractivity contribution is 8.93. The van der Waals surface area contributed by atoms with Crippen molar-refractivity contribution in [1.29, 1.82) is 5.41 Å². The van der Waals surface area contributed by atoms with Gasteiger partial charge in [-0.2, -0.15) is 0 Å². The Hall–Kier alpha value is -3.17. The minimum absolute atomic E-state index is 0. The zero-order valence-corrected chi connectivity index (χ0v) is 23.0. The summed E-state index contributed by atoms with van der Waals surface area (Å²) in [6.07, 6.45) is -0.516. The maximum Gasteiger partial charge on any atom is 0.160 e. The molecule has 4 aromatic rings. The van der Waals surface area contributed by atoms with Crippen LogP contribution in [0, 0.1) is 5.41 Å². The fourth-order valence-electron chi connectivity index (χ4n) is 3.17. The fraction of sp³-hybridized carbons (Fsp3) is 0.0714. The highest BCUT2D eigenvalue weighted by Crippen LogP contribution is 2.34. The molecular formula is C28H31BrN4OS2. The predicted molar refractivity (Wildman–Crippen MR) is 162 cm³/mol. The summed E-state index contributed by atoms with van der Waals surface area (Å²) in [5, 5.41) is 17.7. The third-order valence-corrected chi connectivity index (χ3v) is 5.71. The molecule has 0 saturated heterocycles. The first-order valence-electron chi connectivity index (χ1n) is 10.8. The van der Waals surface area contributed by atoms with Crippen molar-refractivity contribution in [2.45, 2.75) is 11.4 Å². The first-order chi connectivity index (χ1) is 16.9. The quantitative estimate of drug-likeness (QED) is 0.113. The molecule has 0 aliphatic heterocycles. The summed E-state index contributed by atoms with van der Waals surface area (Å²) < 4.78 is 0. The Kier molecular flexibility index (Phi) is 14.8. The Bertz CT molecular complexity index is 1070. The van der Waals surface area contributed by atoms with Crippen molar-refractivity contribution in [3.05, 3.63) is 144 Å². The van der Waals surface area contributed by atoms with Gasteiger partial charge >= 0.3 is 0 Å². The number of amidine groups is 1. The topological polar surface area (TPSA) is 122 Å². The van der Waals surface area contributed by atoms with Crippen LogP contribution in [0.15, 0.2) is 121 Å². The second-order valence-corrected chi connectivity index (χ2v) is 8.93. The summed E-state index contributed by atoms with van der Waals surface area (Å²) in [6.45, 7) is 0. The van der Waals surface area contributed by atoms with Crippen LogP contribution < -0.4 is 17.2 Å². The number of hydrogen-bond acceptors (Lipinski definition) is 4. The number of hydrogen-bond donors (Lipinski definition) is 5. The lowest BCUT2D eigenvalue weighted by Gasteiger charge is -2.16. The first kappa shape index (κ1) is 30.9. The zero-order chi connectivity index (χ0) is 25.5. The van der Waals surface area contributed by atoms with Gasteiger partial charge in [-0.15, -0.1) is 17.0 Å². The SMILES string of the molecule is Br.N=C(N)SC(c1ccccc1)c1ccccc1.NC(N)=S.OC(c1ccccc1)c1ccccc1. The number of rotatable bonds is 5. The molecule has 0 spiro atoms. The molecule has 0 bridgehead atoms. The van der Waals surface area contributed by atoms with Crippen LogP contribution in [0.2, 0.25) is 0 Å². The van der Waals surface area contributed by atoms with E-state index in [4.69, 9.17) is 11.1 Å². The minimum atomic E-state index is -0.516. The van der Waals surface area contributed by atoms with Gasteiger partial charge < -0.3 is 22.3 Å². The highest BCUT2D eigenvalue weighted by atomic mass is 79.9. The summed E-state index contributed by atoms with van der Waals surface area (Å²) in [5.74, 6) is 0. The van der Waals surface area contributed by atoms with Gasteiger partial charge in [-0.3, -0.25) is 5.41 Å². The number of thiocarbonyl (C=S) groups is 1.